The molecular weight excluding hydrogens is 204 g/mol. The predicted octanol–water partition coefficient (Wildman–Crippen LogP) is 1.89. The summed E-state index contributed by atoms with van der Waals surface area (Å²) in [5, 5.41) is 0. The molecule has 0 spiro atoms. The second-order valence-corrected chi connectivity index (χ2v) is 4.20. The number of fused-ring (bicyclic) bond motifs is 1. The van der Waals surface area contributed by atoms with Crippen molar-refractivity contribution in [1.29, 1.82) is 0 Å². The van der Waals surface area contributed by atoms with Gasteiger partial charge in [-0.3, -0.25) is 4.79 Å². The van der Waals surface area contributed by atoms with Gasteiger partial charge in [0.25, 0.3) is 0 Å². The van der Waals surface area contributed by atoms with Gasteiger partial charge in [-0.1, -0.05) is 0 Å². The Kier molecular flexibility index (Phi) is 1.96. The molecule has 2 aromatic rings. The van der Waals surface area contributed by atoms with Crippen LogP contribution in [0.15, 0.2) is 24.5 Å². The van der Waals surface area contributed by atoms with Gasteiger partial charge in [-0.25, -0.2) is 4.98 Å². The summed E-state index contributed by atoms with van der Waals surface area (Å²) < 4.78 is 7.20. The number of rotatable bonds is 2. The molecule has 16 heavy (non-hydrogen) atoms. The van der Waals surface area contributed by atoms with Crippen LogP contribution in [0.1, 0.15) is 12.8 Å². The minimum atomic E-state index is -0.115. The Labute approximate surface area is 92.8 Å². The van der Waals surface area contributed by atoms with Crippen LogP contribution in [0.4, 0.5) is 0 Å². The highest BCUT2D eigenvalue weighted by Gasteiger charge is 2.31. The monoisotopic (exact) mass is 216 g/mol. The minimum Gasteiger partial charge on any atom is -0.426 e. The van der Waals surface area contributed by atoms with E-state index in [1.807, 2.05) is 23.7 Å². The van der Waals surface area contributed by atoms with Gasteiger partial charge in [0.2, 0.25) is 0 Å². The van der Waals surface area contributed by atoms with Crippen LogP contribution < -0.4 is 4.74 Å². The van der Waals surface area contributed by atoms with E-state index in [0.29, 0.717) is 5.75 Å². The van der Waals surface area contributed by atoms with Crippen molar-refractivity contribution in [2.75, 3.05) is 0 Å². The number of imidazole rings is 1. The number of benzene rings is 1. The normalized spacial score (nSPS) is 15.3. The van der Waals surface area contributed by atoms with E-state index in [1.165, 1.54) is 0 Å². The van der Waals surface area contributed by atoms with Crippen LogP contribution in [-0.2, 0) is 11.8 Å². The molecule has 0 amide bonds. The maximum absolute atomic E-state index is 11.5. The van der Waals surface area contributed by atoms with E-state index in [4.69, 9.17) is 4.74 Å². The molecule has 1 fully saturated rings. The fourth-order valence-electron chi connectivity index (χ4n) is 1.70. The molecular formula is C12H12N2O2. The fourth-order valence-corrected chi connectivity index (χ4v) is 1.70. The van der Waals surface area contributed by atoms with Crippen molar-refractivity contribution in [2.45, 2.75) is 12.8 Å². The zero-order chi connectivity index (χ0) is 11.1. The van der Waals surface area contributed by atoms with Gasteiger partial charge in [0, 0.05) is 13.1 Å². The van der Waals surface area contributed by atoms with E-state index in [1.54, 1.807) is 12.4 Å². The summed E-state index contributed by atoms with van der Waals surface area (Å²) in [5.41, 5.74) is 1.88. The van der Waals surface area contributed by atoms with Crippen LogP contribution in [0, 0.1) is 5.92 Å². The van der Waals surface area contributed by atoms with Gasteiger partial charge < -0.3 is 9.30 Å². The predicted molar refractivity (Wildman–Crippen MR) is 59.1 cm³/mol. The zero-order valence-corrected chi connectivity index (χ0v) is 9.01. The number of esters is 1. The Morgan fingerprint density at radius 2 is 2.31 bits per heavy atom. The number of carbonyl (C=O) groups excluding carboxylic acids is 1. The van der Waals surface area contributed by atoms with Crippen LogP contribution >= 0.6 is 0 Å². The average molecular weight is 216 g/mol. The lowest BCUT2D eigenvalue weighted by Crippen LogP contribution is -2.09. The van der Waals surface area contributed by atoms with Gasteiger partial charge in [-0.05, 0) is 25.0 Å². The third-order valence-electron chi connectivity index (χ3n) is 2.83. The van der Waals surface area contributed by atoms with E-state index in [2.05, 4.69) is 4.98 Å². The molecule has 0 radical (unpaired) electrons. The average Bonchev–Trinajstić information content (AvgIpc) is 3.05. The highest BCUT2D eigenvalue weighted by atomic mass is 16.5. The number of hydrogen-bond acceptors (Lipinski definition) is 3. The van der Waals surface area contributed by atoms with Crippen molar-refractivity contribution in [1.82, 2.24) is 9.55 Å². The van der Waals surface area contributed by atoms with Gasteiger partial charge in [0.05, 0.1) is 23.3 Å². The molecule has 1 aliphatic carbocycles. The SMILES string of the molecule is Cn1cnc2cc(OC(=O)C3CC3)ccc21. The van der Waals surface area contributed by atoms with Crippen LogP contribution in [0.3, 0.4) is 0 Å². The molecule has 4 nitrogen and oxygen atoms in total. The maximum Gasteiger partial charge on any atom is 0.314 e. The number of hydrogen-bond donors (Lipinski definition) is 0. The first kappa shape index (κ1) is 9.39. The molecule has 0 atom stereocenters. The molecule has 82 valence electrons. The van der Waals surface area contributed by atoms with Crippen molar-refractivity contribution < 1.29 is 9.53 Å². The zero-order valence-electron chi connectivity index (χ0n) is 9.01. The molecule has 0 aliphatic heterocycles. The smallest absolute Gasteiger partial charge is 0.314 e. The first-order valence-electron chi connectivity index (χ1n) is 5.37. The van der Waals surface area contributed by atoms with Crippen molar-refractivity contribution in [2.24, 2.45) is 13.0 Å². The third-order valence-corrected chi connectivity index (χ3v) is 2.83. The maximum atomic E-state index is 11.5. The summed E-state index contributed by atoms with van der Waals surface area (Å²) in [5.74, 6) is 0.595. The van der Waals surface area contributed by atoms with Gasteiger partial charge >= 0.3 is 5.97 Å². The van der Waals surface area contributed by atoms with Gasteiger partial charge in [0.1, 0.15) is 5.75 Å². The molecule has 0 N–H and O–H groups in total. The van der Waals surface area contributed by atoms with Gasteiger partial charge in [0.15, 0.2) is 0 Å². The second kappa shape index (κ2) is 3.33. The Hall–Kier alpha value is -1.84. The van der Waals surface area contributed by atoms with E-state index >= 15 is 0 Å². The van der Waals surface area contributed by atoms with Crippen molar-refractivity contribution >= 4 is 17.0 Å². The topological polar surface area (TPSA) is 44.1 Å². The number of ether oxygens (including phenoxy) is 1. The van der Waals surface area contributed by atoms with Crippen LogP contribution in [0.2, 0.25) is 0 Å². The Balaban J connectivity index is 1.89. The first-order valence-corrected chi connectivity index (χ1v) is 5.37. The molecule has 4 heteroatoms. The highest BCUT2D eigenvalue weighted by molar-refractivity contribution is 5.81. The molecule has 3 rings (SSSR count). The number of carbonyl (C=O) groups is 1. The Bertz CT molecular complexity index is 555. The molecule has 0 saturated heterocycles. The first-order chi connectivity index (χ1) is 7.74. The summed E-state index contributed by atoms with van der Waals surface area (Å²) in [4.78, 5) is 15.7. The van der Waals surface area contributed by atoms with Gasteiger partial charge in [-0.2, -0.15) is 0 Å². The van der Waals surface area contributed by atoms with Crippen molar-refractivity contribution in [3.05, 3.63) is 24.5 Å². The van der Waals surface area contributed by atoms with Crippen LogP contribution in [0.5, 0.6) is 5.75 Å². The van der Waals surface area contributed by atoms with Crippen LogP contribution in [0.25, 0.3) is 11.0 Å². The molecule has 0 unspecified atom stereocenters. The number of aromatic nitrogens is 2. The van der Waals surface area contributed by atoms with E-state index < -0.39 is 0 Å². The molecule has 1 aliphatic rings. The number of nitrogens with zero attached hydrogens (tertiary/aromatic N) is 2. The minimum absolute atomic E-state index is 0.115. The standard InChI is InChI=1S/C12H12N2O2/c1-14-7-13-10-6-9(4-5-11(10)14)16-12(15)8-2-3-8/h4-8H,2-3H2,1H3. The molecule has 1 heterocycles. The largest absolute Gasteiger partial charge is 0.426 e. The lowest BCUT2D eigenvalue weighted by atomic mass is 10.3. The molecule has 1 aromatic carbocycles. The highest BCUT2D eigenvalue weighted by Crippen LogP contribution is 2.31. The van der Waals surface area contributed by atoms with E-state index in [9.17, 15) is 4.79 Å². The quantitative estimate of drug-likeness (QED) is 0.568. The van der Waals surface area contributed by atoms with E-state index in [0.717, 1.165) is 23.9 Å². The fraction of sp³-hybridized carbons (Fsp3) is 0.333. The summed E-state index contributed by atoms with van der Waals surface area (Å²) in [6.07, 6.45) is 3.67. The summed E-state index contributed by atoms with van der Waals surface area (Å²) in [7, 11) is 1.94. The number of aryl methyl sites for hydroxylation is 1. The van der Waals surface area contributed by atoms with Crippen molar-refractivity contribution in [3.8, 4) is 5.75 Å². The Morgan fingerprint density at radius 1 is 1.50 bits per heavy atom. The van der Waals surface area contributed by atoms with Crippen LogP contribution in [-0.4, -0.2) is 15.5 Å². The lowest BCUT2D eigenvalue weighted by molar-refractivity contribution is -0.135. The van der Waals surface area contributed by atoms with Gasteiger partial charge in [-0.15, -0.1) is 0 Å². The Morgan fingerprint density at radius 3 is 3.06 bits per heavy atom. The molecule has 1 saturated carbocycles. The second-order valence-electron chi connectivity index (χ2n) is 4.20. The lowest BCUT2D eigenvalue weighted by Gasteiger charge is -2.02. The summed E-state index contributed by atoms with van der Waals surface area (Å²) in [6, 6.07) is 5.53. The van der Waals surface area contributed by atoms with E-state index in [-0.39, 0.29) is 11.9 Å². The third kappa shape index (κ3) is 1.56. The molecule has 0 bridgehead atoms. The summed E-state index contributed by atoms with van der Waals surface area (Å²) in [6.45, 7) is 0. The summed E-state index contributed by atoms with van der Waals surface area (Å²) >= 11 is 0. The molecule has 1 aromatic heterocycles. The van der Waals surface area contributed by atoms with Crippen molar-refractivity contribution in [3.63, 3.8) is 0 Å².